The van der Waals surface area contributed by atoms with Crippen LogP contribution in [0.4, 0.5) is 0 Å². The summed E-state index contributed by atoms with van der Waals surface area (Å²) < 4.78 is 19.0. The zero-order valence-electron chi connectivity index (χ0n) is 16.5. The third kappa shape index (κ3) is 5.35. The molecule has 0 saturated carbocycles. The van der Waals surface area contributed by atoms with Gasteiger partial charge in [-0.1, -0.05) is 81.4 Å². The van der Waals surface area contributed by atoms with Gasteiger partial charge < -0.3 is 14.1 Å². The summed E-state index contributed by atoms with van der Waals surface area (Å²) in [6.07, 6.45) is -0.683. The molecule has 2 atom stereocenters. The molecular weight excluding hydrogens is 411 g/mol. The van der Waals surface area contributed by atoms with Gasteiger partial charge in [0.05, 0.1) is 25.9 Å². The fourth-order valence-corrected chi connectivity index (χ4v) is 9.62. The van der Waals surface area contributed by atoms with E-state index in [4.69, 9.17) is 16.0 Å². The van der Waals surface area contributed by atoms with E-state index in [0.29, 0.717) is 0 Å². The summed E-state index contributed by atoms with van der Waals surface area (Å²) in [6.45, 7) is 6.38. The second-order valence-electron chi connectivity index (χ2n) is 7.88. The Morgan fingerprint density at radius 3 is 1.89 bits per heavy atom. The lowest BCUT2D eigenvalue weighted by molar-refractivity contribution is -0.138. The highest BCUT2D eigenvalue weighted by Gasteiger charge is 2.51. The number of aliphatic carboxylic acids is 1. The molecule has 0 aromatic heterocycles. The van der Waals surface area contributed by atoms with E-state index in [1.54, 1.807) is 0 Å². The van der Waals surface area contributed by atoms with Gasteiger partial charge in [-0.25, -0.2) is 0 Å². The number of halogens is 1. The maximum Gasteiger partial charge on any atom is 0.305 e. The molecule has 0 aliphatic rings. The third-order valence-electron chi connectivity index (χ3n) is 4.77. The molecule has 0 aliphatic heterocycles. The maximum atomic E-state index is 12.2. The predicted octanol–water partition coefficient (Wildman–Crippen LogP) is 4.16. The molecule has 2 rings (SSSR count). The van der Waals surface area contributed by atoms with Gasteiger partial charge in [0, 0.05) is 6.16 Å². The van der Waals surface area contributed by atoms with E-state index in [0.717, 1.165) is 10.4 Å². The molecule has 152 valence electrons. The van der Waals surface area contributed by atoms with Gasteiger partial charge in [-0.05, 0) is 15.4 Å². The predicted molar refractivity (Wildman–Crippen MR) is 119 cm³/mol. The van der Waals surface area contributed by atoms with Crippen molar-refractivity contribution in [2.45, 2.75) is 38.3 Å². The Balaban J connectivity index is 2.65. The third-order valence-corrected chi connectivity index (χ3v) is 12.0. The van der Waals surface area contributed by atoms with Crippen molar-refractivity contribution in [3.63, 3.8) is 0 Å². The lowest BCUT2D eigenvalue weighted by Gasteiger charge is -2.45. The zero-order valence-corrected chi connectivity index (χ0v) is 19.3. The number of carbonyl (C=O) groups is 1. The fourth-order valence-electron chi connectivity index (χ4n) is 3.60. The zero-order chi connectivity index (χ0) is 20.8. The molecule has 2 unspecified atom stereocenters. The molecule has 0 bridgehead atoms. The highest BCUT2D eigenvalue weighted by atomic mass is 35.5. The normalized spacial score (nSPS) is 14.4. The van der Waals surface area contributed by atoms with Crippen LogP contribution in [0.15, 0.2) is 60.7 Å². The van der Waals surface area contributed by atoms with Crippen molar-refractivity contribution in [3.8, 4) is 0 Å². The number of hydrogen-bond acceptors (Lipinski definition) is 3. The molecule has 0 aliphatic carbocycles. The Hall–Kier alpha value is -1.39. The molecule has 0 amide bonds. The van der Waals surface area contributed by atoms with Crippen LogP contribution in [0.25, 0.3) is 0 Å². The van der Waals surface area contributed by atoms with Crippen molar-refractivity contribution in [3.05, 3.63) is 60.7 Å². The summed E-state index contributed by atoms with van der Waals surface area (Å²) in [4.78, 5) is 11.5. The van der Waals surface area contributed by atoms with Gasteiger partial charge in [0.2, 0.25) is 0 Å². The van der Waals surface area contributed by atoms with Crippen molar-refractivity contribution < 1.29 is 18.9 Å². The average molecular weight is 439 g/mol. The summed E-state index contributed by atoms with van der Waals surface area (Å²) >= 11 is 5.77. The van der Waals surface area contributed by atoms with E-state index in [1.165, 1.54) is 0 Å². The van der Waals surface area contributed by atoms with Crippen LogP contribution in [0, 0.1) is 0 Å². The molecule has 0 radical (unpaired) electrons. The van der Waals surface area contributed by atoms with Crippen LogP contribution in [-0.2, 0) is 13.8 Å². The van der Waals surface area contributed by atoms with Crippen LogP contribution in [0.5, 0.6) is 0 Å². The smallest absolute Gasteiger partial charge is 0.305 e. The number of carboxylic acids is 1. The highest BCUT2D eigenvalue weighted by molar-refractivity contribution is 7.46. The number of rotatable bonds is 9. The van der Waals surface area contributed by atoms with E-state index in [9.17, 15) is 14.5 Å². The molecule has 4 nitrogen and oxygen atoms in total. The van der Waals surface area contributed by atoms with Crippen LogP contribution in [-0.4, -0.2) is 37.3 Å². The SMILES string of the molecule is CC(C)(C)[Si](OC(CC(=O)O)C[PH](=O)CCl)(c1ccccc1)c1ccccc1. The van der Waals surface area contributed by atoms with E-state index in [2.05, 4.69) is 20.8 Å². The van der Waals surface area contributed by atoms with Crippen molar-refractivity contribution in [2.24, 2.45) is 0 Å². The largest absolute Gasteiger partial charge is 0.481 e. The number of hydrogen-bond donors (Lipinski definition) is 1. The minimum absolute atomic E-state index is 0.0326. The Morgan fingerprint density at radius 2 is 1.54 bits per heavy atom. The molecule has 0 spiro atoms. The first kappa shape index (κ1) is 22.9. The van der Waals surface area contributed by atoms with Crippen LogP contribution in [0.3, 0.4) is 0 Å². The first-order valence-corrected chi connectivity index (χ1v) is 13.6. The first-order valence-electron chi connectivity index (χ1n) is 9.29. The second kappa shape index (κ2) is 9.88. The molecular formula is C21H28ClO4PSi. The van der Waals surface area contributed by atoms with Gasteiger partial charge in [-0.2, -0.15) is 0 Å². The number of alkyl halides is 1. The molecule has 1 N–H and O–H groups in total. The Morgan fingerprint density at radius 1 is 1.07 bits per heavy atom. The molecule has 7 heteroatoms. The van der Waals surface area contributed by atoms with Crippen molar-refractivity contribution in [1.82, 2.24) is 0 Å². The van der Waals surface area contributed by atoms with Gasteiger partial charge >= 0.3 is 5.97 Å². The number of benzene rings is 2. The average Bonchev–Trinajstić information content (AvgIpc) is 2.65. The van der Waals surface area contributed by atoms with Crippen molar-refractivity contribution >= 4 is 44.1 Å². The first-order chi connectivity index (χ1) is 13.2. The number of carboxylic acid groups (broad SMARTS) is 1. The highest BCUT2D eigenvalue weighted by Crippen LogP contribution is 2.39. The lowest BCUT2D eigenvalue weighted by atomic mass is 10.2. The van der Waals surface area contributed by atoms with E-state index >= 15 is 0 Å². The lowest BCUT2D eigenvalue weighted by Crippen LogP contribution is -2.68. The molecule has 2 aromatic carbocycles. The van der Waals surface area contributed by atoms with E-state index in [-0.39, 0.29) is 23.2 Å². The van der Waals surface area contributed by atoms with Crippen LogP contribution >= 0.6 is 19.4 Å². The summed E-state index contributed by atoms with van der Waals surface area (Å²) in [5, 5.41) is 11.3. The molecule has 28 heavy (non-hydrogen) atoms. The monoisotopic (exact) mass is 438 g/mol. The Bertz CT molecular complexity index is 754. The molecule has 0 heterocycles. The molecule has 0 fully saturated rings. The van der Waals surface area contributed by atoms with Gasteiger partial charge in [0.1, 0.15) is 0 Å². The molecule has 2 aromatic rings. The Kier molecular flexibility index (Phi) is 8.08. The van der Waals surface area contributed by atoms with Gasteiger partial charge in [-0.3, -0.25) is 4.79 Å². The van der Waals surface area contributed by atoms with Crippen molar-refractivity contribution in [2.75, 3.05) is 11.8 Å². The Labute approximate surface area is 173 Å². The van der Waals surface area contributed by atoms with E-state index < -0.39 is 28.2 Å². The van der Waals surface area contributed by atoms with E-state index in [1.807, 2.05) is 60.7 Å². The minimum Gasteiger partial charge on any atom is -0.481 e. The standard InChI is InChI=1S/C21H28ClO4PSi/c1-21(2,3)28(18-10-6-4-7-11-18,19-12-8-5-9-13-19)26-17(14-20(23)24)15-27(25)16-22/h4-13,17,27H,14-16H2,1-3H3,(H,23,24). The minimum atomic E-state index is -2.89. The molecule has 0 saturated heterocycles. The van der Waals surface area contributed by atoms with Gasteiger partial charge in [0.25, 0.3) is 8.32 Å². The summed E-state index contributed by atoms with van der Waals surface area (Å²) in [5.74, 6) is -0.965. The van der Waals surface area contributed by atoms with Crippen LogP contribution in [0.2, 0.25) is 5.04 Å². The summed E-state index contributed by atoms with van der Waals surface area (Å²) in [5.41, 5.74) is 0.0326. The van der Waals surface area contributed by atoms with Crippen LogP contribution < -0.4 is 10.4 Å². The van der Waals surface area contributed by atoms with Gasteiger partial charge in [0.15, 0.2) is 0 Å². The topological polar surface area (TPSA) is 63.6 Å². The second-order valence-corrected chi connectivity index (χ2v) is 14.7. The summed E-state index contributed by atoms with van der Waals surface area (Å²) in [7, 11) is -4.99. The summed E-state index contributed by atoms with van der Waals surface area (Å²) in [6, 6.07) is 20.0. The maximum absolute atomic E-state index is 12.2. The van der Waals surface area contributed by atoms with Crippen molar-refractivity contribution in [1.29, 1.82) is 0 Å². The fraction of sp³-hybridized carbons (Fsp3) is 0.381. The quantitative estimate of drug-likeness (QED) is 0.362. The van der Waals surface area contributed by atoms with Gasteiger partial charge in [-0.15, -0.1) is 11.6 Å². The van der Waals surface area contributed by atoms with Crippen LogP contribution in [0.1, 0.15) is 27.2 Å².